The van der Waals surface area contributed by atoms with E-state index in [-0.39, 0.29) is 37.2 Å². The van der Waals surface area contributed by atoms with Gasteiger partial charge < -0.3 is 19.1 Å². The molecule has 39 heavy (non-hydrogen) atoms. The van der Waals surface area contributed by atoms with Crippen LogP contribution in [0.4, 0.5) is 0 Å². The highest BCUT2D eigenvalue weighted by Gasteiger charge is 2.31. The van der Waals surface area contributed by atoms with Crippen molar-refractivity contribution in [2.24, 2.45) is 5.92 Å². The summed E-state index contributed by atoms with van der Waals surface area (Å²) in [7, 11) is 2.96. The van der Waals surface area contributed by atoms with Gasteiger partial charge >= 0.3 is 11.7 Å². The molecule has 1 aliphatic heterocycles. The van der Waals surface area contributed by atoms with Crippen LogP contribution in [0.5, 0.6) is 11.5 Å². The Balaban J connectivity index is 1.78. The van der Waals surface area contributed by atoms with Crippen molar-refractivity contribution in [3.63, 3.8) is 0 Å². The third-order valence-electron chi connectivity index (χ3n) is 6.87. The van der Waals surface area contributed by atoms with E-state index >= 15 is 0 Å². The van der Waals surface area contributed by atoms with Crippen LogP contribution in [0.15, 0.2) is 52.1 Å². The molecule has 1 aliphatic rings. The van der Waals surface area contributed by atoms with E-state index in [1.54, 1.807) is 25.1 Å². The van der Waals surface area contributed by atoms with Crippen molar-refractivity contribution in [1.29, 1.82) is 0 Å². The summed E-state index contributed by atoms with van der Waals surface area (Å²) in [5, 5.41) is 4.25. The quantitative estimate of drug-likeness (QED) is 0.402. The predicted molar refractivity (Wildman–Crippen MR) is 143 cm³/mol. The van der Waals surface area contributed by atoms with Gasteiger partial charge in [0.05, 0.1) is 39.0 Å². The lowest BCUT2D eigenvalue weighted by Gasteiger charge is -2.30. The van der Waals surface area contributed by atoms with Crippen LogP contribution in [0.1, 0.15) is 41.4 Å². The van der Waals surface area contributed by atoms with E-state index in [1.165, 1.54) is 19.1 Å². The molecule has 3 aromatic rings. The lowest BCUT2D eigenvalue weighted by Crippen LogP contribution is -2.48. The van der Waals surface area contributed by atoms with Crippen molar-refractivity contribution >= 4 is 11.9 Å². The number of hydrogen-bond donors (Lipinski definition) is 0. The minimum Gasteiger partial charge on any atom is -0.493 e. The number of likely N-dealkylation sites (tertiary alicyclic amines) is 1. The van der Waals surface area contributed by atoms with Gasteiger partial charge in [0, 0.05) is 19.2 Å². The fourth-order valence-corrected chi connectivity index (χ4v) is 4.60. The van der Waals surface area contributed by atoms with Gasteiger partial charge in [0.25, 0.3) is 11.5 Å². The maximum absolute atomic E-state index is 13.6. The highest BCUT2D eigenvalue weighted by molar-refractivity contribution is 5.92. The molecule has 11 heteroatoms. The first-order valence-electron chi connectivity index (χ1n) is 12.8. The molecular weight excluding hydrogens is 504 g/mol. The maximum Gasteiger partial charge on any atom is 0.352 e. The molecule has 1 fully saturated rings. The maximum atomic E-state index is 13.6. The highest BCUT2D eigenvalue weighted by atomic mass is 16.5. The summed E-state index contributed by atoms with van der Waals surface area (Å²) in [6.45, 7) is 4.41. The summed E-state index contributed by atoms with van der Waals surface area (Å²) >= 11 is 0. The average molecular weight is 537 g/mol. The van der Waals surface area contributed by atoms with Crippen molar-refractivity contribution < 1.29 is 23.8 Å². The zero-order valence-electron chi connectivity index (χ0n) is 22.5. The molecule has 0 atom stereocenters. The zero-order chi connectivity index (χ0) is 28.1. The van der Waals surface area contributed by atoms with E-state index in [1.807, 2.05) is 31.2 Å². The van der Waals surface area contributed by atoms with Crippen molar-refractivity contribution in [3.8, 4) is 17.2 Å². The lowest BCUT2D eigenvalue weighted by molar-refractivity contribution is -0.149. The Morgan fingerprint density at radius 1 is 1.00 bits per heavy atom. The second-order valence-electron chi connectivity index (χ2n) is 9.22. The van der Waals surface area contributed by atoms with Crippen LogP contribution in [0, 0.1) is 12.8 Å². The van der Waals surface area contributed by atoms with Gasteiger partial charge in [-0.15, -0.1) is 0 Å². The Hall–Kier alpha value is -4.41. The first-order chi connectivity index (χ1) is 18.8. The molecule has 1 saturated heterocycles. The van der Waals surface area contributed by atoms with E-state index in [0.29, 0.717) is 36.6 Å². The Bertz CT molecular complexity index is 1490. The van der Waals surface area contributed by atoms with Gasteiger partial charge in [-0.2, -0.15) is 9.78 Å². The summed E-state index contributed by atoms with van der Waals surface area (Å²) in [6, 6.07) is 12.2. The molecule has 1 amide bonds. The Morgan fingerprint density at radius 3 is 2.33 bits per heavy atom. The number of benzene rings is 2. The molecule has 206 valence electrons. The third kappa shape index (κ3) is 5.71. The molecule has 4 rings (SSSR count). The molecular formula is C28H32N4O7. The number of esters is 1. The van der Waals surface area contributed by atoms with Gasteiger partial charge in [-0.05, 0) is 49.9 Å². The molecule has 0 spiro atoms. The molecule has 1 aromatic heterocycles. The van der Waals surface area contributed by atoms with Gasteiger partial charge in [0.1, 0.15) is 0 Å². The first-order valence-corrected chi connectivity index (χ1v) is 12.8. The van der Waals surface area contributed by atoms with Crippen LogP contribution < -0.4 is 20.7 Å². The van der Waals surface area contributed by atoms with Crippen molar-refractivity contribution in [2.45, 2.75) is 33.2 Å². The Morgan fingerprint density at radius 2 is 1.69 bits per heavy atom. The van der Waals surface area contributed by atoms with Gasteiger partial charge in [0.2, 0.25) is 5.69 Å². The summed E-state index contributed by atoms with van der Waals surface area (Å²) in [5.41, 5.74) is 0.0898. The van der Waals surface area contributed by atoms with Gasteiger partial charge in [-0.1, -0.05) is 24.3 Å². The Labute approximate surface area is 225 Å². The van der Waals surface area contributed by atoms with Gasteiger partial charge in [-0.25, -0.2) is 4.79 Å². The largest absolute Gasteiger partial charge is 0.493 e. The third-order valence-corrected chi connectivity index (χ3v) is 6.87. The minimum atomic E-state index is -0.780. The van der Waals surface area contributed by atoms with Crippen molar-refractivity contribution in [2.75, 3.05) is 33.9 Å². The number of nitrogens with zero attached hydrogens (tertiary/aromatic N) is 4. The SMILES string of the molecule is CCOC(=O)C1CCN(C(=O)c2nn(-c3ccc(OC)c(OC)c3)c(=O)n(Cc3ccccc3C)c2=O)CC1. The van der Waals surface area contributed by atoms with Crippen molar-refractivity contribution in [3.05, 3.63) is 80.1 Å². The number of piperidine rings is 1. The first kappa shape index (κ1) is 27.6. The van der Waals surface area contributed by atoms with Crippen LogP contribution in [-0.4, -0.2) is 65.0 Å². The number of hydrogen-bond acceptors (Lipinski definition) is 8. The molecule has 0 unspecified atom stereocenters. The number of carbonyl (C=O) groups excluding carboxylic acids is 2. The molecule has 0 bridgehead atoms. The van der Waals surface area contributed by atoms with E-state index in [0.717, 1.165) is 20.4 Å². The zero-order valence-corrected chi connectivity index (χ0v) is 22.5. The lowest BCUT2D eigenvalue weighted by atomic mass is 9.97. The van der Waals surface area contributed by atoms with Crippen LogP contribution in [0.3, 0.4) is 0 Å². The molecule has 0 aliphatic carbocycles. The summed E-state index contributed by atoms with van der Waals surface area (Å²) in [6.07, 6.45) is 0.828. The predicted octanol–water partition coefficient (Wildman–Crippen LogP) is 2.18. The number of carbonyl (C=O) groups is 2. The summed E-state index contributed by atoms with van der Waals surface area (Å²) in [4.78, 5) is 54.4. The highest BCUT2D eigenvalue weighted by Crippen LogP contribution is 2.28. The number of aromatic nitrogens is 3. The van der Waals surface area contributed by atoms with Crippen LogP contribution >= 0.6 is 0 Å². The molecule has 11 nitrogen and oxygen atoms in total. The van der Waals surface area contributed by atoms with Crippen LogP contribution in [0.25, 0.3) is 5.69 Å². The van der Waals surface area contributed by atoms with Crippen LogP contribution in [0.2, 0.25) is 0 Å². The van der Waals surface area contributed by atoms with E-state index in [9.17, 15) is 19.2 Å². The minimum absolute atomic E-state index is 0.0363. The van der Waals surface area contributed by atoms with Gasteiger partial charge in [-0.3, -0.25) is 19.0 Å². The number of rotatable bonds is 8. The number of amides is 1. The molecule has 0 radical (unpaired) electrons. The number of aryl methyl sites for hydroxylation is 1. The van der Waals surface area contributed by atoms with Crippen LogP contribution in [-0.2, 0) is 16.1 Å². The molecule has 2 heterocycles. The van der Waals surface area contributed by atoms with Crippen molar-refractivity contribution in [1.82, 2.24) is 19.2 Å². The smallest absolute Gasteiger partial charge is 0.352 e. The van der Waals surface area contributed by atoms with E-state index < -0.39 is 17.2 Å². The summed E-state index contributed by atoms with van der Waals surface area (Å²) < 4.78 is 17.8. The average Bonchev–Trinajstić information content (AvgIpc) is 2.95. The normalized spacial score (nSPS) is 13.7. The Kier molecular flexibility index (Phi) is 8.48. The number of methoxy groups -OCH3 is 2. The fourth-order valence-electron chi connectivity index (χ4n) is 4.60. The van der Waals surface area contributed by atoms with Gasteiger partial charge in [0.15, 0.2) is 11.5 Å². The molecule has 0 N–H and O–H groups in total. The summed E-state index contributed by atoms with van der Waals surface area (Å²) in [5.74, 6) is -0.390. The number of ether oxygens (including phenoxy) is 3. The molecule has 0 saturated carbocycles. The second kappa shape index (κ2) is 12.0. The second-order valence-corrected chi connectivity index (χ2v) is 9.22. The fraction of sp³-hybridized carbons (Fsp3) is 0.393. The van der Waals surface area contributed by atoms with E-state index in [2.05, 4.69) is 5.10 Å². The van der Waals surface area contributed by atoms with E-state index in [4.69, 9.17) is 14.2 Å². The topological polar surface area (TPSA) is 122 Å². The monoisotopic (exact) mass is 536 g/mol. The standard InChI is InChI=1S/C28H32N4O7/c1-5-39-27(35)19-12-14-30(15-13-19)25(33)24-26(34)31(17-20-9-7-6-8-18(20)2)28(36)32(29-24)21-10-11-22(37-3)23(16-21)38-4/h6-11,16,19H,5,12-15,17H2,1-4H3. The molecule has 2 aromatic carbocycles.